The molecule has 0 spiro atoms. The molecule has 1 atom stereocenters. The van der Waals surface area contributed by atoms with Crippen LogP contribution < -0.4 is 5.32 Å². The lowest BCUT2D eigenvalue weighted by molar-refractivity contribution is 0.187. The van der Waals surface area contributed by atoms with Crippen LogP contribution in [0.4, 0.5) is 11.6 Å². The van der Waals surface area contributed by atoms with E-state index in [0.717, 1.165) is 54.5 Å². The van der Waals surface area contributed by atoms with Crippen LogP contribution >= 0.6 is 0 Å². The number of H-pyrrole nitrogens is 1. The molecule has 0 bridgehead atoms. The van der Waals surface area contributed by atoms with E-state index in [-0.39, 0.29) is 6.04 Å². The van der Waals surface area contributed by atoms with Gasteiger partial charge in [0.05, 0.1) is 24.9 Å². The Morgan fingerprint density at radius 3 is 2.87 bits per heavy atom. The van der Waals surface area contributed by atoms with E-state index in [4.69, 9.17) is 16.8 Å². The van der Waals surface area contributed by atoms with E-state index in [1.54, 1.807) is 6.20 Å². The van der Waals surface area contributed by atoms with Crippen molar-refractivity contribution in [2.24, 2.45) is 5.92 Å². The lowest BCUT2D eigenvalue weighted by Gasteiger charge is -2.35. The van der Waals surface area contributed by atoms with Gasteiger partial charge in [-0.05, 0) is 56.8 Å². The van der Waals surface area contributed by atoms with E-state index in [0.29, 0.717) is 29.8 Å². The number of rotatable bonds is 6. The molecule has 0 aromatic carbocycles. The van der Waals surface area contributed by atoms with Crippen LogP contribution in [-0.4, -0.2) is 50.5 Å². The predicted octanol–water partition coefficient (Wildman–Crippen LogP) is 4.31. The van der Waals surface area contributed by atoms with Crippen molar-refractivity contribution in [3.05, 3.63) is 41.6 Å². The summed E-state index contributed by atoms with van der Waals surface area (Å²) >= 11 is 0. The summed E-state index contributed by atoms with van der Waals surface area (Å²) in [7, 11) is 0. The first kappa shape index (κ1) is 20.8. The second-order valence-corrected chi connectivity index (χ2v) is 8.08. The second-order valence-electron chi connectivity index (χ2n) is 8.08. The fourth-order valence-corrected chi connectivity index (χ4v) is 4.36. The number of likely N-dealkylation sites (tertiary alicyclic amines) is 1. The number of fused-ring (bicyclic) bond motifs is 1. The van der Waals surface area contributed by atoms with Gasteiger partial charge in [0.1, 0.15) is 5.65 Å². The van der Waals surface area contributed by atoms with Crippen molar-refractivity contribution in [3.63, 3.8) is 0 Å². The summed E-state index contributed by atoms with van der Waals surface area (Å²) in [6, 6.07) is 4.55. The zero-order valence-corrected chi connectivity index (χ0v) is 17.9. The van der Waals surface area contributed by atoms with Gasteiger partial charge in [0.2, 0.25) is 11.6 Å². The van der Waals surface area contributed by atoms with Crippen molar-refractivity contribution in [1.82, 2.24) is 24.8 Å². The average molecular weight is 415 g/mol. The SMILES string of the molecule is [C-]#[N+]c1cnc(NC(CC)C2CCN(CC#N)CC2)nc1-c1c[nH]c2ncc(C)cc12. The lowest BCUT2D eigenvalue weighted by atomic mass is 9.88. The first-order valence-corrected chi connectivity index (χ1v) is 10.7. The molecule has 0 aliphatic carbocycles. The average Bonchev–Trinajstić information content (AvgIpc) is 3.21. The molecule has 1 saturated heterocycles. The van der Waals surface area contributed by atoms with Gasteiger partial charge in [0.15, 0.2) is 0 Å². The Hall–Kier alpha value is -3.49. The molecule has 8 nitrogen and oxygen atoms in total. The van der Waals surface area contributed by atoms with Crippen molar-refractivity contribution >= 4 is 22.7 Å². The van der Waals surface area contributed by atoms with Gasteiger partial charge < -0.3 is 10.3 Å². The first-order chi connectivity index (χ1) is 15.1. The Kier molecular flexibility index (Phi) is 6.11. The molecule has 1 unspecified atom stereocenters. The highest BCUT2D eigenvalue weighted by molar-refractivity contribution is 5.96. The number of nitrogens with one attached hydrogen (secondary N) is 2. The number of piperidine rings is 1. The molecular formula is C23H26N8. The highest BCUT2D eigenvalue weighted by Gasteiger charge is 2.26. The molecule has 0 saturated carbocycles. The van der Waals surface area contributed by atoms with E-state index in [1.807, 2.05) is 19.3 Å². The predicted molar refractivity (Wildman–Crippen MR) is 121 cm³/mol. The number of pyridine rings is 1. The zero-order valence-electron chi connectivity index (χ0n) is 17.9. The summed E-state index contributed by atoms with van der Waals surface area (Å²) in [5.74, 6) is 1.05. The molecule has 0 radical (unpaired) electrons. The molecule has 158 valence electrons. The number of aromatic amines is 1. The Morgan fingerprint density at radius 1 is 1.35 bits per heavy atom. The van der Waals surface area contributed by atoms with Gasteiger partial charge in [-0.2, -0.15) is 5.26 Å². The minimum atomic E-state index is 0.253. The smallest absolute Gasteiger partial charge is 0.231 e. The largest absolute Gasteiger partial charge is 0.351 e. The molecule has 1 fully saturated rings. The van der Waals surface area contributed by atoms with Gasteiger partial charge in [-0.1, -0.05) is 6.92 Å². The fourth-order valence-electron chi connectivity index (χ4n) is 4.36. The molecule has 2 N–H and O–H groups in total. The number of anilines is 1. The van der Waals surface area contributed by atoms with E-state index >= 15 is 0 Å². The molecule has 4 rings (SSSR count). The maximum atomic E-state index is 8.92. The Labute approximate surface area is 182 Å². The standard InChI is InChI=1S/C23H26N8/c1-4-19(16-5-8-31(9-6-16)10-7-24)29-23-28-14-20(25-3)21(30-23)18-13-27-22-17(18)11-15(2)12-26-22/h11-14,16,19H,4-6,8-10H2,1-2H3,(H,26,27)(H,28,29,30). The fraction of sp³-hybridized carbons (Fsp3) is 0.435. The third-order valence-corrected chi connectivity index (χ3v) is 6.06. The zero-order chi connectivity index (χ0) is 21.8. The van der Waals surface area contributed by atoms with Crippen LogP contribution in [0.2, 0.25) is 0 Å². The summed E-state index contributed by atoms with van der Waals surface area (Å²) in [5.41, 5.74) is 3.73. The molecule has 3 aromatic rings. The highest BCUT2D eigenvalue weighted by Crippen LogP contribution is 2.34. The summed E-state index contributed by atoms with van der Waals surface area (Å²) in [5, 5.41) is 13.4. The molecule has 0 amide bonds. The molecular weight excluding hydrogens is 388 g/mol. The monoisotopic (exact) mass is 414 g/mol. The quantitative estimate of drug-likeness (QED) is 0.461. The Morgan fingerprint density at radius 2 is 2.16 bits per heavy atom. The van der Waals surface area contributed by atoms with Crippen LogP contribution in [0.25, 0.3) is 27.1 Å². The van der Waals surface area contributed by atoms with Crippen LogP contribution in [0.5, 0.6) is 0 Å². The van der Waals surface area contributed by atoms with Crippen LogP contribution in [0, 0.1) is 30.7 Å². The molecule has 1 aliphatic rings. The summed E-state index contributed by atoms with van der Waals surface area (Å²) in [4.78, 5) is 22.6. The van der Waals surface area contributed by atoms with Gasteiger partial charge in [-0.25, -0.2) is 19.8 Å². The lowest BCUT2D eigenvalue weighted by Crippen LogP contribution is -2.40. The summed E-state index contributed by atoms with van der Waals surface area (Å²) in [6.07, 6.45) is 8.34. The summed E-state index contributed by atoms with van der Waals surface area (Å²) in [6.45, 7) is 14.1. The third kappa shape index (κ3) is 4.35. The number of aryl methyl sites for hydroxylation is 1. The van der Waals surface area contributed by atoms with Crippen molar-refractivity contribution in [3.8, 4) is 17.3 Å². The first-order valence-electron chi connectivity index (χ1n) is 10.7. The molecule has 3 aromatic heterocycles. The van der Waals surface area contributed by atoms with Gasteiger partial charge in [0, 0.05) is 35.6 Å². The van der Waals surface area contributed by atoms with Crippen molar-refractivity contribution in [1.29, 1.82) is 5.26 Å². The van der Waals surface area contributed by atoms with E-state index in [2.05, 4.69) is 49.1 Å². The maximum absolute atomic E-state index is 8.92. The minimum Gasteiger partial charge on any atom is -0.351 e. The third-order valence-electron chi connectivity index (χ3n) is 6.06. The topological polar surface area (TPSA) is 97.9 Å². The Balaban J connectivity index is 1.59. The van der Waals surface area contributed by atoms with Gasteiger partial charge >= 0.3 is 0 Å². The second kappa shape index (κ2) is 9.11. The van der Waals surface area contributed by atoms with Gasteiger partial charge in [0.25, 0.3) is 0 Å². The molecule has 1 aliphatic heterocycles. The number of hydrogen-bond donors (Lipinski definition) is 2. The maximum Gasteiger partial charge on any atom is 0.231 e. The molecule has 8 heteroatoms. The van der Waals surface area contributed by atoms with Gasteiger partial charge in [-0.3, -0.25) is 4.90 Å². The minimum absolute atomic E-state index is 0.253. The number of nitriles is 1. The van der Waals surface area contributed by atoms with Crippen LogP contribution in [0.3, 0.4) is 0 Å². The summed E-state index contributed by atoms with van der Waals surface area (Å²) < 4.78 is 0. The van der Waals surface area contributed by atoms with Crippen LogP contribution in [0.15, 0.2) is 24.7 Å². The number of aromatic nitrogens is 4. The number of nitrogens with zero attached hydrogens (tertiary/aromatic N) is 6. The normalized spacial score (nSPS) is 16.0. The van der Waals surface area contributed by atoms with E-state index in [9.17, 15) is 0 Å². The molecule has 4 heterocycles. The number of hydrogen-bond acceptors (Lipinski definition) is 6. The van der Waals surface area contributed by atoms with Gasteiger partial charge in [-0.15, -0.1) is 0 Å². The van der Waals surface area contributed by atoms with E-state index in [1.165, 1.54) is 0 Å². The van der Waals surface area contributed by atoms with Crippen LogP contribution in [0.1, 0.15) is 31.7 Å². The van der Waals surface area contributed by atoms with Crippen LogP contribution in [-0.2, 0) is 0 Å². The van der Waals surface area contributed by atoms with E-state index < -0.39 is 0 Å². The Bertz CT molecular complexity index is 1140. The van der Waals surface area contributed by atoms with Crippen molar-refractivity contribution < 1.29 is 0 Å². The molecule has 31 heavy (non-hydrogen) atoms. The van der Waals surface area contributed by atoms with Crippen molar-refractivity contribution in [2.45, 2.75) is 39.2 Å². The van der Waals surface area contributed by atoms with Crippen molar-refractivity contribution in [2.75, 3.05) is 25.0 Å². The highest BCUT2D eigenvalue weighted by atomic mass is 15.1.